The second kappa shape index (κ2) is 5.73. The lowest BCUT2D eigenvalue weighted by Gasteiger charge is -2.09. The zero-order chi connectivity index (χ0) is 13.8. The lowest BCUT2D eigenvalue weighted by Crippen LogP contribution is -2.01. The van der Waals surface area contributed by atoms with E-state index in [-0.39, 0.29) is 0 Å². The van der Waals surface area contributed by atoms with Crippen molar-refractivity contribution in [2.75, 3.05) is 5.32 Å². The first-order chi connectivity index (χ1) is 9.10. The highest BCUT2D eigenvalue weighted by Gasteiger charge is 2.04. The molecule has 96 valence electrons. The molecule has 2 rings (SSSR count). The third kappa shape index (κ3) is 3.24. The summed E-state index contributed by atoms with van der Waals surface area (Å²) in [5.74, 6) is -0.416. The maximum Gasteiger partial charge on any atom is 0.124 e. The molecule has 2 nitrogen and oxygen atoms in total. The van der Waals surface area contributed by atoms with Crippen molar-refractivity contribution in [3.63, 3.8) is 0 Å². The van der Waals surface area contributed by atoms with Crippen LogP contribution in [0.5, 0.6) is 0 Å². The van der Waals surface area contributed by atoms with Crippen LogP contribution in [0, 0.1) is 24.1 Å². The zero-order valence-electron chi connectivity index (χ0n) is 10.4. The third-order valence-electron chi connectivity index (χ3n) is 2.82. The minimum absolute atomic E-state index is 0.290. The number of hydrogen-bond donors (Lipinski definition) is 1. The maximum absolute atomic E-state index is 13.0. The number of nitrogens with one attached hydrogen (secondary N) is 1. The van der Waals surface area contributed by atoms with Crippen LogP contribution in [-0.2, 0) is 6.54 Å². The van der Waals surface area contributed by atoms with E-state index in [4.69, 9.17) is 16.9 Å². The van der Waals surface area contributed by atoms with E-state index in [1.54, 1.807) is 6.07 Å². The van der Waals surface area contributed by atoms with Gasteiger partial charge in [-0.3, -0.25) is 0 Å². The van der Waals surface area contributed by atoms with Crippen LogP contribution in [0.3, 0.4) is 0 Å². The molecule has 0 aromatic heterocycles. The summed E-state index contributed by atoms with van der Waals surface area (Å²) in [5.41, 5.74) is 2.92. The standard InChI is InChI=1S/C15H12ClFN2/c1-10-2-3-11(6-14(10)16)9-19-15-5-4-13(17)7-12(15)8-18/h2-7,19H,9H2,1H3. The first-order valence-corrected chi connectivity index (χ1v) is 6.16. The number of hydrogen-bond acceptors (Lipinski definition) is 2. The van der Waals surface area contributed by atoms with Crippen molar-refractivity contribution < 1.29 is 4.39 Å². The molecule has 0 saturated carbocycles. The first kappa shape index (κ1) is 13.4. The molecule has 0 unspecified atom stereocenters. The van der Waals surface area contributed by atoms with E-state index in [1.165, 1.54) is 12.1 Å². The Bertz CT molecular complexity index is 647. The van der Waals surface area contributed by atoms with E-state index in [9.17, 15) is 4.39 Å². The van der Waals surface area contributed by atoms with Gasteiger partial charge in [0.15, 0.2) is 0 Å². The monoisotopic (exact) mass is 274 g/mol. The first-order valence-electron chi connectivity index (χ1n) is 5.78. The highest BCUT2D eigenvalue weighted by atomic mass is 35.5. The summed E-state index contributed by atoms with van der Waals surface area (Å²) in [7, 11) is 0. The molecule has 1 N–H and O–H groups in total. The van der Waals surface area contributed by atoms with Gasteiger partial charge in [0.05, 0.1) is 11.3 Å². The van der Waals surface area contributed by atoms with Crippen molar-refractivity contribution in [2.45, 2.75) is 13.5 Å². The van der Waals surface area contributed by atoms with Crippen LogP contribution in [0.4, 0.5) is 10.1 Å². The number of benzene rings is 2. The summed E-state index contributed by atoms with van der Waals surface area (Å²) in [6.45, 7) is 2.47. The van der Waals surface area contributed by atoms with Crippen molar-refractivity contribution in [1.29, 1.82) is 5.26 Å². The van der Waals surface area contributed by atoms with Gasteiger partial charge in [0.1, 0.15) is 11.9 Å². The van der Waals surface area contributed by atoms with Crippen molar-refractivity contribution >= 4 is 17.3 Å². The molecule has 0 atom stereocenters. The van der Waals surface area contributed by atoms with Gasteiger partial charge in [0.2, 0.25) is 0 Å². The molecule has 4 heteroatoms. The summed E-state index contributed by atoms with van der Waals surface area (Å²) in [5, 5.41) is 12.8. The molecule has 0 aliphatic rings. The van der Waals surface area contributed by atoms with Crippen LogP contribution in [-0.4, -0.2) is 0 Å². The van der Waals surface area contributed by atoms with Gasteiger partial charge in [-0.2, -0.15) is 5.26 Å². The second-order valence-corrected chi connectivity index (χ2v) is 4.65. The minimum atomic E-state index is -0.416. The highest BCUT2D eigenvalue weighted by molar-refractivity contribution is 6.31. The van der Waals surface area contributed by atoms with Crippen LogP contribution >= 0.6 is 11.6 Å². The number of aryl methyl sites for hydroxylation is 1. The predicted octanol–water partition coefficient (Wildman–Crippen LogP) is 4.27. The molecule has 0 aliphatic carbocycles. The topological polar surface area (TPSA) is 35.8 Å². The van der Waals surface area contributed by atoms with Gasteiger partial charge in [-0.05, 0) is 42.3 Å². The van der Waals surface area contributed by atoms with Crippen LogP contribution in [0.15, 0.2) is 36.4 Å². The van der Waals surface area contributed by atoms with Gasteiger partial charge < -0.3 is 5.32 Å². The molecular formula is C15H12ClFN2. The molecule has 0 radical (unpaired) electrons. The Hall–Kier alpha value is -2.05. The van der Waals surface area contributed by atoms with Gasteiger partial charge in [0.25, 0.3) is 0 Å². The average Bonchev–Trinajstić information content (AvgIpc) is 2.41. The minimum Gasteiger partial charge on any atom is -0.380 e. The summed E-state index contributed by atoms with van der Waals surface area (Å²) in [6.07, 6.45) is 0. The van der Waals surface area contributed by atoms with Crippen molar-refractivity contribution in [2.24, 2.45) is 0 Å². The molecule has 2 aromatic carbocycles. The largest absolute Gasteiger partial charge is 0.380 e. The molecular weight excluding hydrogens is 263 g/mol. The second-order valence-electron chi connectivity index (χ2n) is 4.24. The third-order valence-corrected chi connectivity index (χ3v) is 3.23. The molecule has 0 bridgehead atoms. The average molecular weight is 275 g/mol. The highest BCUT2D eigenvalue weighted by Crippen LogP contribution is 2.20. The number of nitriles is 1. The normalized spacial score (nSPS) is 10.0. The molecule has 0 amide bonds. The summed E-state index contributed by atoms with van der Waals surface area (Å²) in [6, 6.07) is 11.8. The van der Waals surface area contributed by atoms with Gasteiger partial charge in [-0.1, -0.05) is 23.7 Å². The van der Waals surface area contributed by atoms with Crippen molar-refractivity contribution in [3.05, 3.63) is 63.9 Å². The maximum atomic E-state index is 13.0. The Labute approximate surface area is 116 Å². The molecule has 0 saturated heterocycles. The molecule has 0 aliphatic heterocycles. The predicted molar refractivity (Wildman–Crippen MR) is 74.6 cm³/mol. The fraction of sp³-hybridized carbons (Fsp3) is 0.133. The Morgan fingerprint density at radius 3 is 2.74 bits per heavy atom. The van der Waals surface area contributed by atoms with E-state index >= 15 is 0 Å². The van der Waals surface area contributed by atoms with E-state index in [1.807, 2.05) is 31.2 Å². The Kier molecular flexibility index (Phi) is 4.03. The van der Waals surface area contributed by atoms with Crippen LogP contribution in [0.2, 0.25) is 5.02 Å². The number of rotatable bonds is 3. The van der Waals surface area contributed by atoms with Gasteiger partial charge in [0, 0.05) is 11.6 Å². The zero-order valence-corrected chi connectivity index (χ0v) is 11.1. The van der Waals surface area contributed by atoms with E-state index in [0.29, 0.717) is 22.8 Å². The Balaban J connectivity index is 2.14. The molecule has 0 heterocycles. The fourth-order valence-electron chi connectivity index (χ4n) is 1.71. The van der Waals surface area contributed by atoms with E-state index in [0.717, 1.165) is 11.1 Å². The van der Waals surface area contributed by atoms with Crippen molar-refractivity contribution in [3.8, 4) is 6.07 Å². The summed E-state index contributed by atoms with van der Waals surface area (Å²) < 4.78 is 13.0. The van der Waals surface area contributed by atoms with Crippen LogP contribution in [0.1, 0.15) is 16.7 Å². The van der Waals surface area contributed by atoms with Crippen molar-refractivity contribution in [1.82, 2.24) is 0 Å². The summed E-state index contributed by atoms with van der Waals surface area (Å²) >= 11 is 6.05. The SMILES string of the molecule is Cc1ccc(CNc2ccc(F)cc2C#N)cc1Cl. The van der Waals surface area contributed by atoms with Gasteiger partial charge in [-0.25, -0.2) is 4.39 Å². The summed E-state index contributed by atoms with van der Waals surface area (Å²) in [4.78, 5) is 0. The molecule has 19 heavy (non-hydrogen) atoms. The van der Waals surface area contributed by atoms with Gasteiger partial charge >= 0.3 is 0 Å². The Morgan fingerprint density at radius 2 is 2.05 bits per heavy atom. The van der Waals surface area contributed by atoms with Crippen LogP contribution in [0.25, 0.3) is 0 Å². The molecule has 2 aromatic rings. The smallest absolute Gasteiger partial charge is 0.124 e. The lowest BCUT2D eigenvalue weighted by atomic mass is 10.1. The molecule has 0 spiro atoms. The quantitative estimate of drug-likeness (QED) is 0.907. The molecule has 0 fully saturated rings. The van der Waals surface area contributed by atoms with Crippen LogP contribution < -0.4 is 5.32 Å². The lowest BCUT2D eigenvalue weighted by molar-refractivity contribution is 0.627. The fourth-order valence-corrected chi connectivity index (χ4v) is 1.91. The number of halogens is 2. The van der Waals surface area contributed by atoms with E-state index < -0.39 is 5.82 Å². The van der Waals surface area contributed by atoms with Gasteiger partial charge in [-0.15, -0.1) is 0 Å². The number of nitrogens with zero attached hydrogens (tertiary/aromatic N) is 1. The van der Waals surface area contributed by atoms with E-state index in [2.05, 4.69) is 5.32 Å². The Morgan fingerprint density at radius 1 is 1.26 bits per heavy atom. The number of anilines is 1.